The molecular formula is C18H13BrN3O5+. The summed E-state index contributed by atoms with van der Waals surface area (Å²) in [7, 11) is 0. The van der Waals surface area contributed by atoms with Crippen LogP contribution in [0, 0.1) is 0 Å². The van der Waals surface area contributed by atoms with Crippen LogP contribution in [0.25, 0.3) is 5.69 Å². The number of nitrogens with zero attached hydrogens (tertiary/aromatic N) is 1. The molecule has 1 aliphatic rings. The van der Waals surface area contributed by atoms with Crippen molar-refractivity contribution in [1.29, 1.82) is 0 Å². The summed E-state index contributed by atoms with van der Waals surface area (Å²) in [5.74, 6) is -1.45. The molecule has 0 saturated carbocycles. The highest BCUT2D eigenvalue weighted by Gasteiger charge is 2.49. The van der Waals surface area contributed by atoms with Crippen LogP contribution in [-0.4, -0.2) is 22.1 Å². The van der Waals surface area contributed by atoms with Crippen molar-refractivity contribution in [1.82, 2.24) is 5.27 Å². The minimum absolute atomic E-state index is 0.290. The van der Waals surface area contributed by atoms with Gasteiger partial charge in [0.25, 0.3) is 5.91 Å². The lowest BCUT2D eigenvalue weighted by Crippen LogP contribution is -2.44. The maximum absolute atomic E-state index is 12.9. The number of nitrogens with one attached hydrogen (secondary N) is 2. The highest BCUT2D eigenvalue weighted by atomic mass is 79.9. The van der Waals surface area contributed by atoms with Gasteiger partial charge in [-0.15, -0.1) is 0 Å². The minimum atomic E-state index is -2.06. The summed E-state index contributed by atoms with van der Waals surface area (Å²) >= 11 is 3.31. The lowest BCUT2D eigenvalue weighted by atomic mass is 9.89. The quantitative estimate of drug-likeness (QED) is 0.427. The molecule has 9 heteroatoms. The third-order valence-corrected chi connectivity index (χ3v) is 4.94. The average molecular weight is 431 g/mol. The molecule has 1 unspecified atom stereocenters. The van der Waals surface area contributed by atoms with Crippen LogP contribution in [-0.2, 0) is 10.4 Å². The number of carbonyl (C=O) groups is 2. The Kier molecular flexibility index (Phi) is 4.05. The number of Topliss-reactive ketones (excluding diaryl/α,β-unsaturated/α-hetero) is 1. The van der Waals surface area contributed by atoms with E-state index in [1.165, 1.54) is 4.68 Å². The molecule has 1 atom stereocenters. The summed E-state index contributed by atoms with van der Waals surface area (Å²) in [5, 5.41) is 15.8. The Hall–Kier alpha value is -3.04. The Balaban J connectivity index is 1.73. The third kappa shape index (κ3) is 2.81. The molecule has 2 heterocycles. The molecule has 1 aliphatic heterocycles. The molecular weight excluding hydrogens is 418 g/mol. The van der Waals surface area contributed by atoms with Gasteiger partial charge in [-0.2, -0.15) is 0 Å². The number of H-pyrrole nitrogens is 1. The molecule has 0 spiro atoms. The van der Waals surface area contributed by atoms with Crippen LogP contribution >= 0.6 is 15.9 Å². The maximum Gasteiger partial charge on any atom is 0.438 e. The molecule has 8 nitrogen and oxygen atoms in total. The normalized spacial score (nSPS) is 18.2. The molecule has 0 fully saturated rings. The van der Waals surface area contributed by atoms with Gasteiger partial charge >= 0.3 is 11.3 Å². The fourth-order valence-corrected chi connectivity index (χ4v) is 3.34. The average Bonchev–Trinajstić information content (AvgIpc) is 3.14. The van der Waals surface area contributed by atoms with Crippen molar-refractivity contribution < 1.29 is 23.9 Å². The van der Waals surface area contributed by atoms with E-state index < -0.39 is 29.3 Å². The Morgan fingerprint density at radius 1 is 1.15 bits per heavy atom. The zero-order valence-electron chi connectivity index (χ0n) is 13.7. The first-order valence-corrected chi connectivity index (χ1v) is 8.75. The van der Waals surface area contributed by atoms with Crippen LogP contribution in [0.4, 0.5) is 5.69 Å². The van der Waals surface area contributed by atoms with Gasteiger partial charge in [-0.1, -0.05) is 34.1 Å². The van der Waals surface area contributed by atoms with Crippen LogP contribution in [0.3, 0.4) is 0 Å². The van der Waals surface area contributed by atoms with Crippen molar-refractivity contribution in [3.05, 3.63) is 74.7 Å². The Labute approximate surface area is 160 Å². The van der Waals surface area contributed by atoms with Crippen LogP contribution in [0.5, 0.6) is 0 Å². The van der Waals surface area contributed by atoms with Gasteiger partial charge in [0.2, 0.25) is 11.5 Å². The lowest BCUT2D eigenvalue weighted by Gasteiger charge is -2.18. The van der Waals surface area contributed by atoms with E-state index >= 15 is 0 Å². The molecule has 136 valence electrons. The van der Waals surface area contributed by atoms with Gasteiger partial charge in [0.1, 0.15) is 0 Å². The molecule has 3 N–H and O–H groups in total. The molecule has 0 bridgehead atoms. The fourth-order valence-electron chi connectivity index (χ4n) is 3.08. The minimum Gasteiger partial charge on any atom is -0.375 e. The third-order valence-electron chi connectivity index (χ3n) is 4.41. The molecule has 1 amide bonds. The summed E-state index contributed by atoms with van der Waals surface area (Å²) in [6.07, 6.45) is -0.602. The first-order chi connectivity index (χ1) is 12.9. The molecule has 0 aliphatic carbocycles. The van der Waals surface area contributed by atoms with E-state index in [2.05, 4.69) is 26.5 Å². The number of hydrogen-bond acceptors (Lipinski definition) is 5. The van der Waals surface area contributed by atoms with Crippen molar-refractivity contribution in [3.8, 4) is 5.69 Å². The number of fused-ring (bicyclic) bond motifs is 1. The number of aliphatic hydroxyl groups is 1. The van der Waals surface area contributed by atoms with Gasteiger partial charge in [0.15, 0.2) is 5.60 Å². The summed E-state index contributed by atoms with van der Waals surface area (Å²) in [6, 6.07) is 13.3. The van der Waals surface area contributed by atoms with Gasteiger partial charge in [0, 0.05) is 27.9 Å². The second-order valence-electron chi connectivity index (χ2n) is 6.10. The molecule has 2 aromatic carbocycles. The first kappa shape index (κ1) is 17.4. The van der Waals surface area contributed by atoms with E-state index in [1.807, 2.05) is 0 Å². The standard InChI is InChI=1S/C18H12BrN3O5/c19-10-5-7-11(8-6-10)22-15(16(24)27-21-22)14(23)9-18(26)12-3-1-2-4-13(12)20-17(18)25/h1-8,26H,9H2,(H-,20,21,23,24,25)/p+1. The number of halogens is 1. The van der Waals surface area contributed by atoms with Crippen LogP contribution in [0.1, 0.15) is 22.5 Å². The summed E-state index contributed by atoms with van der Waals surface area (Å²) in [6.45, 7) is 0. The lowest BCUT2D eigenvalue weighted by molar-refractivity contribution is -0.672. The number of rotatable bonds is 4. The number of ketones is 1. The summed E-state index contributed by atoms with van der Waals surface area (Å²) in [4.78, 5) is 37.3. The van der Waals surface area contributed by atoms with E-state index in [9.17, 15) is 19.5 Å². The summed E-state index contributed by atoms with van der Waals surface area (Å²) in [5.41, 5.74) is -2.07. The number of benzene rings is 2. The topological polar surface area (TPSA) is 116 Å². The number of aromatic nitrogens is 2. The molecule has 27 heavy (non-hydrogen) atoms. The largest absolute Gasteiger partial charge is 0.438 e. The smallest absolute Gasteiger partial charge is 0.375 e. The van der Waals surface area contributed by atoms with Crippen LogP contribution in [0.2, 0.25) is 0 Å². The summed E-state index contributed by atoms with van der Waals surface area (Å²) < 4.78 is 6.76. The number of para-hydroxylation sites is 1. The zero-order valence-corrected chi connectivity index (χ0v) is 15.3. The van der Waals surface area contributed by atoms with E-state index in [1.54, 1.807) is 48.5 Å². The van der Waals surface area contributed by atoms with Gasteiger partial charge < -0.3 is 10.4 Å². The molecule has 0 radical (unpaired) electrons. The SMILES string of the molecule is O=C(CC1(O)C(=O)Nc2ccccc21)c1c(=O)o[nH][n+]1-c1ccc(Br)cc1. The Morgan fingerprint density at radius 2 is 1.85 bits per heavy atom. The second-order valence-corrected chi connectivity index (χ2v) is 7.02. The van der Waals surface area contributed by atoms with Crippen LogP contribution < -0.4 is 15.6 Å². The molecule has 3 aromatic rings. The predicted molar refractivity (Wildman–Crippen MR) is 96.5 cm³/mol. The van der Waals surface area contributed by atoms with Crippen molar-refractivity contribution in [2.75, 3.05) is 5.32 Å². The number of carbonyl (C=O) groups excluding carboxylic acids is 2. The van der Waals surface area contributed by atoms with E-state index in [0.717, 1.165) is 4.47 Å². The highest BCUT2D eigenvalue weighted by molar-refractivity contribution is 9.10. The monoisotopic (exact) mass is 430 g/mol. The zero-order chi connectivity index (χ0) is 19.2. The molecule has 4 rings (SSSR count). The number of amides is 1. The van der Waals surface area contributed by atoms with E-state index in [4.69, 9.17) is 4.52 Å². The Morgan fingerprint density at radius 3 is 2.59 bits per heavy atom. The van der Waals surface area contributed by atoms with Crippen molar-refractivity contribution in [3.63, 3.8) is 0 Å². The predicted octanol–water partition coefficient (Wildman–Crippen LogP) is 1.42. The second kappa shape index (κ2) is 6.29. The van der Waals surface area contributed by atoms with Crippen molar-refractivity contribution in [2.45, 2.75) is 12.0 Å². The number of aromatic amines is 1. The van der Waals surface area contributed by atoms with Crippen molar-refractivity contribution >= 4 is 33.3 Å². The number of anilines is 1. The van der Waals surface area contributed by atoms with Crippen molar-refractivity contribution in [2.24, 2.45) is 0 Å². The van der Waals surface area contributed by atoms with Gasteiger partial charge in [-0.05, 0) is 28.2 Å². The fraction of sp³-hybridized carbons (Fsp3) is 0.111. The van der Waals surface area contributed by atoms with Gasteiger partial charge in [-0.3, -0.25) is 14.1 Å². The van der Waals surface area contributed by atoms with Crippen LogP contribution in [0.15, 0.2) is 62.3 Å². The molecule has 0 saturated heterocycles. The van der Waals surface area contributed by atoms with Gasteiger partial charge in [-0.25, -0.2) is 4.79 Å². The maximum atomic E-state index is 12.9. The molecule has 1 aromatic heterocycles. The first-order valence-electron chi connectivity index (χ1n) is 7.96. The Bertz CT molecular complexity index is 1120. The van der Waals surface area contributed by atoms with E-state index in [-0.39, 0.29) is 5.69 Å². The van der Waals surface area contributed by atoms with E-state index in [0.29, 0.717) is 16.9 Å². The van der Waals surface area contributed by atoms with Gasteiger partial charge in [0.05, 0.1) is 6.42 Å². The highest BCUT2D eigenvalue weighted by Crippen LogP contribution is 2.38. The number of hydrogen-bond donors (Lipinski definition) is 3.